The maximum Gasteiger partial charge on any atom is 0.246 e. The zero-order chi connectivity index (χ0) is 25.5. The molecule has 10 heteroatoms. The SMILES string of the molecule is CC(=O)Nc1ccc(S(=O)(=O)N[C@@H](C(=O)N(Cc2ccco2)Cc2cccs2)c2ccccc2)cc1. The van der Waals surface area contributed by atoms with Crippen LogP contribution in [0, 0.1) is 0 Å². The molecular formula is C26H25N3O5S2. The van der Waals surface area contributed by atoms with Crippen LogP contribution >= 0.6 is 11.3 Å². The van der Waals surface area contributed by atoms with Crippen LogP contribution in [0.5, 0.6) is 0 Å². The molecule has 186 valence electrons. The van der Waals surface area contributed by atoms with E-state index in [0.717, 1.165) is 4.88 Å². The van der Waals surface area contributed by atoms with Gasteiger partial charge >= 0.3 is 0 Å². The molecule has 2 amide bonds. The molecule has 0 aliphatic carbocycles. The average Bonchev–Trinajstić information content (AvgIpc) is 3.57. The lowest BCUT2D eigenvalue weighted by molar-refractivity contribution is -0.134. The van der Waals surface area contributed by atoms with Crippen molar-refractivity contribution in [2.75, 3.05) is 5.32 Å². The predicted molar refractivity (Wildman–Crippen MR) is 138 cm³/mol. The second-order valence-corrected chi connectivity index (χ2v) is 10.8. The molecule has 4 aromatic rings. The summed E-state index contributed by atoms with van der Waals surface area (Å²) in [7, 11) is -4.09. The van der Waals surface area contributed by atoms with Crippen molar-refractivity contribution in [2.45, 2.75) is 31.0 Å². The van der Waals surface area contributed by atoms with E-state index in [1.165, 1.54) is 48.8 Å². The van der Waals surface area contributed by atoms with Crippen molar-refractivity contribution in [3.63, 3.8) is 0 Å². The Balaban J connectivity index is 1.65. The molecule has 0 saturated heterocycles. The van der Waals surface area contributed by atoms with Gasteiger partial charge in [0.1, 0.15) is 11.8 Å². The van der Waals surface area contributed by atoms with Gasteiger partial charge in [0.25, 0.3) is 0 Å². The second-order valence-electron chi connectivity index (χ2n) is 8.02. The number of furan rings is 1. The van der Waals surface area contributed by atoms with E-state index in [1.807, 2.05) is 17.5 Å². The summed E-state index contributed by atoms with van der Waals surface area (Å²) >= 11 is 1.51. The van der Waals surface area contributed by atoms with E-state index < -0.39 is 22.0 Å². The Bertz CT molecular complexity index is 1350. The second kappa shape index (κ2) is 11.3. The third-order valence-corrected chi connectivity index (χ3v) is 7.60. The number of sulfonamides is 1. The van der Waals surface area contributed by atoms with Crippen LogP contribution in [0.1, 0.15) is 29.2 Å². The quantitative estimate of drug-likeness (QED) is 0.317. The lowest BCUT2D eigenvalue weighted by Crippen LogP contribution is -2.42. The molecule has 0 unspecified atom stereocenters. The first-order valence-electron chi connectivity index (χ1n) is 11.1. The first-order valence-corrected chi connectivity index (χ1v) is 13.5. The van der Waals surface area contributed by atoms with Crippen LogP contribution in [0.3, 0.4) is 0 Å². The lowest BCUT2D eigenvalue weighted by atomic mass is 10.1. The predicted octanol–water partition coefficient (Wildman–Crippen LogP) is 4.55. The fourth-order valence-corrected chi connectivity index (χ4v) is 5.52. The molecule has 1 atom stereocenters. The number of amides is 2. The number of hydrogen-bond donors (Lipinski definition) is 2. The Kier molecular flexibility index (Phi) is 7.99. The van der Waals surface area contributed by atoms with Crippen LogP contribution in [0.15, 0.2) is 99.8 Å². The van der Waals surface area contributed by atoms with E-state index in [-0.39, 0.29) is 17.3 Å². The van der Waals surface area contributed by atoms with E-state index in [0.29, 0.717) is 23.6 Å². The van der Waals surface area contributed by atoms with Gasteiger partial charge in [-0.1, -0.05) is 36.4 Å². The number of nitrogens with zero attached hydrogens (tertiary/aromatic N) is 1. The summed E-state index contributed by atoms with van der Waals surface area (Å²) in [5, 5.41) is 4.53. The van der Waals surface area contributed by atoms with Crippen LogP contribution in [0.2, 0.25) is 0 Å². The molecule has 0 spiro atoms. The Morgan fingerprint density at radius 1 is 0.944 bits per heavy atom. The van der Waals surface area contributed by atoms with Crippen LogP contribution in [-0.2, 0) is 32.7 Å². The number of anilines is 1. The highest BCUT2D eigenvalue weighted by Gasteiger charge is 2.31. The summed E-state index contributed by atoms with van der Waals surface area (Å²) in [6, 6.07) is 20.6. The Hall–Kier alpha value is -3.73. The normalized spacial score (nSPS) is 12.1. The van der Waals surface area contributed by atoms with Crippen molar-refractivity contribution >= 4 is 38.9 Å². The summed E-state index contributed by atoms with van der Waals surface area (Å²) in [6.45, 7) is 1.85. The van der Waals surface area contributed by atoms with Gasteiger partial charge < -0.3 is 14.6 Å². The van der Waals surface area contributed by atoms with E-state index in [2.05, 4.69) is 10.0 Å². The first kappa shape index (κ1) is 25.4. The highest BCUT2D eigenvalue weighted by Crippen LogP contribution is 2.24. The van der Waals surface area contributed by atoms with E-state index >= 15 is 0 Å². The van der Waals surface area contributed by atoms with Gasteiger partial charge in [0, 0.05) is 17.5 Å². The number of hydrogen-bond acceptors (Lipinski definition) is 6. The highest BCUT2D eigenvalue weighted by atomic mass is 32.2. The zero-order valence-electron chi connectivity index (χ0n) is 19.5. The molecule has 36 heavy (non-hydrogen) atoms. The standard InChI is InChI=1S/C26H25N3O5S2/c1-19(30)27-21-11-13-24(14-12-21)36(32,33)28-25(20-7-3-2-4-8-20)26(31)29(17-22-9-5-15-34-22)18-23-10-6-16-35-23/h2-16,25,28H,17-18H2,1H3,(H,27,30)/t25-/m1/s1. The van der Waals surface area contributed by atoms with Crippen molar-refractivity contribution in [3.8, 4) is 0 Å². The van der Waals surface area contributed by atoms with Gasteiger partial charge in [-0.05, 0) is 53.4 Å². The summed E-state index contributed by atoms with van der Waals surface area (Å²) in [6.07, 6.45) is 1.53. The monoisotopic (exact) mass is 523 g/mol. The van der Waals surface area contributed by atoms with Crippen LogP contribution in [-0.4, -0.2) is 25.1 Å². The number of carbonyl (C=O) groups is 2. The van der Waals surface area contributed by atoms with Gasteiger partial charge in [0.05, 0.1) is 24.2 Å². The van der Waals surface area contributed by atoms with Gasteiger partial charge in [-0.15, -0.1) is 11.3 Å². The Labute approximate surface area is 213 Å². The minimum atomic E-state index is -4.09. The van der Waals surface area contributed by atoms with Crippen molar-refractivity contribution in [1.82, 2.24) is 9.62 Å². The maximum atomic E-state index is 13.9. The van der Waals surface area contributed by atoms with Gasteiger partial charge in [-0.25, -0.2) is 8.42 Å². The summed E-state index contributed by atoms with van der Waals surface area (Å²) < 4.78 is 34.7. The van der Waals surface area contributed by atoms with Crippen LogP contribution in [0.25, 0.3) is 0 Å². The molecule has 0 saturated carbocycles. The molecule has 8 nitrogen and oxygen atoms in total. The first-order chi connectivity index (χ1) is 17.3. The number of rotatable bonds is 10. The molecule has 0 aliphatic rings. The van der Waals surface area contributed by atoms with Crippen molar-refractivity contribution in [3.05, 3.63) is 107 Å². The fraction of sp³-hybridized carbons (Fsp3) is 0.154. The molecule has 4 rings (SSSR count). The summed E-state index contributed by atoms with van der Waals surface area (Å²) in [5.74, 6) is -0.0894. The summed E-state index contributed by atoms with van der Waals surface area (Å²) in [4.78, 5) is 27.7. The summed E-state index contributed by atoms with van der Waals surface area (Å²) in [5.41, 5.74) is 0.981. The number of benzene rings is 2. The number of carbonyl (C=O) groups excluding carboxylic acids is 2. The van der Waals surface area contributed by atoms with Crippen LogP contribution in [0.4, 0.5) is 5.69 Å². The molecule has 0 aliphatic heterocycles. The largest absolute Gasteiger partial charge is 0.467 e. The van der Waals surface area contributed by atoms with Crippen molar-refractivity contribution in [2.24, 2.45) is 0 Å². The van der Waals surface area contributed by atoms with Gasteiger partial charge in [0.15, 0.2) is 0 Å². The Morgan fingerprint density at radius 3 is 2.31 bits per heavy atom. The Morgan fingerprint density at radius 2 is 1.69 bits per heavy atom. The van der Waals surface area contributed by atoms with E-state index in [4.69, 9.17) is 4.42 Å². The third kappa shape index (κ3) is 6.48. The fourth-order valence-electron chi connectivity index (χ4n) is 3.63. The van der Waals surface area contributed by atoms with Gasteiger partial charge in [0.2, 0.25) is 21.8 Å². The van der Waals surface area contributed by atoms with E-state index in [9.17, 15) is 18.0 Å². The highest BCUT2D eigenvalue weighted by molar-refractivity contribution is 7.89. The van der Waals surface area contributed by atoms with Gasteiger partial charge in [-0.2, -0.15) is 4.72 Å². The van der Waals surface area contributed by atoms with E-state index in [1.54, 1.807) is 47.4 Å². The molecular weight excluding hydrogens is 498 g/mol. The molecule has 0 bridgehead atoms. The molecule has 2 heterocycles. The molecule has 2 aromatic carbocycles. The minimum absolute atomic E-state index is 0.0267. The molecule has 0 radical (unpaired) electrons. The van der Waals surface area contributed by atoms with Crippen molar-refractivity contribution < 1.29 is 22.4 Å². The lowest BCUT2D eigenvalue weighted by Gasteiger charge is -2.27. The average molecular weight is 524 g/mol. The van der Waals surface area contributed by atoms with Gasteiger partial charge in [-0.3, -0.25) is 9.59 Å². The van der Waals surface area contributed by atoms with Crippen molar-refractivity contribution in [1.29, 1.82) is 0 Å². The number of thiophene rings is 1. The molecule has 2 aromatic heterocycles. The third-order valence-electron chi connectivity index (χ3n) is 5.30. The topological polar surface area (TPSA) is 109 Å². The number of nitrogens with one attached hydrogen (secondary N) is 2. The maximum absolute atomic E-state index is 13.9. The molecule has 2 N–H and O–H groups in total. The minimum Gasteiger partial charge on any atom is -0.467 e. The zero-order valence-corrected chi connectivity index (χ0v) is 21.1. The molecule has 0 fully saturated rings. The van der Waals surface area contributed by atoms with Crippen LogP contribution < -0.4 is 10.0 Å². The smallest absolute Gasteiger partial charge is 0.246 e.